The molecule has 0 aliphatic heterocycles. The molecule has 1 amide bonds. The smallest absolute Gasteiger partial charge is 0.403 e. The lowest BCUT2D eigenvalue weighted by molar-refractivity contribution is -0.385. The minimum absolute atomic E-state index is 0.160. The Bertz CT molecular complexity index is 597. The second-order valence-electron chi connectivity index (χ2n) is 6.60. The molecule has 1 aromatic carbocycles. The van der Waals surface area contributed by atoms with Gasteiger partial charge >= 0.3 is 11.8 Å². The van der Waals surface area contributed by atoms with Crippen LogP contribution in [0.1, 0.15) is 34.6 Å². The summed E-state index contributed by atoms with van der Waals surface area (Å²) in [5.74, 6) is 0.197. The molecule has 0 spiro atoms. The van der Waals surface area contributed by atoms with Gasteiger partial charge in [-0.25, -0.2) is 4.79 Å². The third-order valence-corrected chi connectivity index (χ3v) is 2.94. The monoisotopic (exact) mass is 343 g/mol. The number of carbonyl (C=O) groups excluding carboxylic acids is 1. The Morgan fingerprint density at radius 3 is 2.48 bits per heavy atom. The summed E-state index contributed by atoms with van der Waals surface area (Å²) in [6.45, 7) is 9.99. The minimum atomic E-state index is -0.766. The highest BCUT2D eigenvalue weighted by Crippen LogP contribution is 2.36. The molecule has 0 aliphatic carbocycles. The van der Waals surface area contributed by atoms with Crippen molar-refractivity contribution in [3.05, 3.63) is 27.3 Å². The van der Waals surface area contributed by atoms with Gasteiger partial charge < -0.3 is 15.4 Å². The summed E-state index contributed by atoms with van der Waals surface area (Å²) < 4.78 is 5.09. The Balaban J connectivity index is 3.09. The van der Waals surface area contributed by atoms with E-state index in [2.05, 4.69) is 10.6 Å². The number of rotatable bonds is 5. The molecule has 0 saturated heterocycles. The van der Waals surface area contributed by atoms with E-state index in [0.29, 0.717) is 18.2 Å². The quantitative estimate of drug-likeness (QED) is 0.617. The molecule has 0 aromatic heterocycles. The van der Waals surface area contributed by atoms with Crippen molar-refractivity contribution < 1.29 is 14.5 Å². The van der Waals surface area contributed by atoms with Crippen molar-refractivity contribution in [2.45, 2.75) is 40.2 Å². The van der Waals surface area contributed by atoms with Gasteiger partial charge in [0.05, 0.1) is 15.6 Å². The van der Waals surface area contributed by atoms with Crippen molar-refractivity contribution in [2.24, 2.45) is 5.92 Å². The highest BCUT2D eigenvalue weighted by atomic mass is 35.5. The molecule has 0 atom stereocenters. The molecule has 0 fully saturated rings. The van der Waals surface area contributed by atoms with Crippen LogP contribution >= 0.6 is 11.6 Å². The van der Waals surface area contributed by atoms with Crippen LogP contribution in [0.25, 0.3) is 0 Å². The number of halogens is 1. The van der Waals surface area contributed by atoms with Crippen LogP contribution in [0.4, 0.5) is 16.2 Å². The molecule has 1 aromatic rings. The maximum atomic E-state index is 11.9. The van der Waals surface area contributed by atoms with Crippen molar-refractivity contribution >= 4 is 29.1 Å². The number of hydrogen-bond acceptors (Lipinski definition) is 5. The molecule has 1 rings (SSSR count). The molecule has 0 saturated carbocycles. The highest BCUT2D eigenvalue weighted by molar-refractivity contribution is 6.33. The molecule has 23 heavy (non-hydrogen) atoms. The van der Waals surface area contributed by atoms with Gasteiger partial charge in [-0.05, 0) is 26.7 Å². The molecule has 0 bridgehead atoms. The van der Waals surface area contributed by atoms with E-state index in [-0.39, 0.29) is 16.5 Å². The lowest BCUT2D eigenvalue weighted by atomic mass is 10.1. The van der Waals surface area contributed by atoms with E-state index < -0.39 is 16.6 Å². The number of nitro benzene ring substituents is 1. The maximum Gasteiger partial charge on any atom is 0.413 e. The summed E-state index contributed by atoms with van der Waals surface area (Å²) in [7, 11) is 0. The van der Waals surface area contributed by atoms with E-state index in [1.807, 2.05) is 13.8 Å². The third-order valence-electron chi connectivity index (χ3n) is 2.63. The SMILES string of the molecule is CC(C)CNc1cc(OC(=O)NC(C)(C)C)c([N+](=O)[O-])cc1Cl. The van der Waals surface area contributed by atoms with Gasteiger partial charge in [-0.3, -0.25) is 10.1 Å². The van der Waals surface area contributed by atoms with Crippen LogP contribution in [0.3, 0.4) is 0 Å². The van der Waals surface area contributed by atoms with Crippen molar-refractivity contribution in [3.63, 3.8) is 0 Å². The lowest BCUT2D eigenvalue weighted by Crippen LogP contribution is -2.42. The van der Waals surface area contributed by atoms with E-state index in [9.17, 15) is 14.9 Å². The molecular weight excluding hydrogens is 322 g/mol. The lowest BCUT2D eigenvalue weighted by Gasteiger charge is -2.20. The number of anilines is 1. The third kappa shape index (κ3) is 6.32. The van der Waals surface area contributed by atoms with E-state index in [4.69, 9.17) is 16.3 Å². The largest absolute Gasteiger partial charge is 0.413 e. The first-order valence-electron chi connectivity index (χ1n) is 7.21. The first-order valence-corrected chi connectivity index (χ1v) is 7.59. The molecule has 2 N–H and O–H groups in total. The number of nitrogens with zero attached hydrogens (tertiary/aromatic N) is 1. The number of hydrogen-bond donors (Lipinski definition) is 2. The summed E-state index contributed by atoms with van der Waals surface area (Å²) in [5, 5.41) is 17.0. The maximum absolute atomic E-state index is 11.9. The van der Waals surface area contributed by atoms with Crippen LogP contribution in [0, 0.1) is 16.0 Å². The summed E-state index contributed by atoms with van der Waals surface area (Å²) in [6, 6.07) is 2.54. The van der Waals surface area contributed by atoms with Crippen LogP contribution in [0.5, 0.6) is 5.75 Å². The van der Waals surface area contributed by atoms with Crippen LogP contribution in [-0.4, -0.2) is 23.1 Å². The van der Waals surface area contributed by atoms with E-state index >= 15 is 0 Å². The number of benzene rings is 1. The van der Waals surface area contributed by atoms with E-state index in [1.165, 1.54) is 12.1 Å². The molecule has 0 radical (unpaired) electrons. The molecule has 0 heterocycles. The first-order chi connectivity index (χ1) is 10.5. The molecular formula is C15H22ClN3O4. The summed E-state index contributed by atoms with van der Waals surface area (Å²) in [6.07, 6.45) is -0.766. The Morgan fingerprint density at radius 2 is 2.00 bits per heavy atom. The average Bonchev–Trinajstić information content (AvgIpc) is 2.36. The van der Waals surface area contributed by atoms with Crippen molar-refractivity contribution in [1.82, 2.24) is 5.32 Å². The molecule has 0 aliphatic rings. The summed E-state index contributed by atoms with van der Waals surface area (Å²) >= 11 is 6.05. The van der Waals surface area contributed by atoms with Gasteiger partial charge in [-0.1, -0.05) is 25.4 Å². The normalized spacial score (nSPS) is 11.3. The second kappa shape index (κ2) is 7.50. The van der Waals surface area contributed by atoms with Gasteiger partial charge in [-0.15, -0.1) is 0 Å². The van der Waals surface area contributed by atoms with Gasteiger partial charge in [0.15, 0.2) is 0 Å². The number of ether oxygens (including phenoxy) is 1. The van der Waals surface area contributed by atoms with Crippen LogP contribution in [0.2, 0.25) is 5.02 Å². The zero-order chi connectivity index (χ0) is 17.8. The van der Waals surface area contributed by atoms with Gasteiger partial charge in [-0.2, -0.15) is 0 Å². The Kier molecular flexibility index (Phi) is 6.20. The molecule has 7 nitrogen and oxygen atoms in total. The zero-order valence-electron chi connectivity index (χ0n) is 13.9. The van der Waals surface area contributed by atoms with Crippen LogP contribution < -0.4 is 15.4 Å². The fraction of sp³-hybridized carbons (Fsp3) is 0.533. The molecule has 0 unspecified atom stereocenters. The number of carbonyl (C=O) groups is 1. The van der Waals surface area contributed by atoms with Crippen molar-refractivity contribution in [1.29, 1.82) is 0 Å². The number of amides is 1. The van der Waals surface area contributed by atoms with E-state index in [0.717, 1.165) is 0 Å². The van der Waals surface area contributed by atoms with Gasteiger partial charge in [0.25, 0.3) is 0 Å². The predicted octanol–water partition coefficient (Wildman–Crippen LogP) is 4.20. The predicted molar refractivity (Wildman–Crippen MR) is 90.3 cm³/mol. The van der Waals surface area contributed by atoms with Crippen LogP contribution in [0.15, 0.2) is 12.1 Å². The number of nitrogens with one attached hydrogen (secondary N) is 2. The fourth-order valence-corrected chi connectivity index (χ4v) is 1.87. The molecule has 8 heteroatoms. The summed E-state index contributed by atoms with van der Waals surface area (Å²) in [5.41, 5.74) is -0.407. The standard InChI is InChI=1S/C15H22ClN3O4/c1-9(2)8-17-11-7-13(12(19(21)22)6-10(11)16)23-14(20)18-15(3,4)5/h6-7,9,17H,8H2,1-5H3,(H,18,20). The highest BCUT2D eigenvalue weighted by Gasteiger charge is 2.23. The summed E-state index contributed by atoms with van der Waals surface area (Å²) in [4.78, 5) is 22.3. The Labute approximate surface area is 140 Å². The Morgan fingerprint density at radius 1 is 1.39 bits per heavy atom. The minimum Gasteiger partial charge on any atom is -0.403 e. The number of nitro groups is 1. The first kappa shape index (κ1) is 19.0. The second-order valence-corrected chi connectivity index (χ2v) is 7.00. The van der Waals surface area contributed by atoms with Gasteiger partial charge in [0, 0.05) is 24.2 Å². The van der Waals surface area contributed by atoms with Gasteiger partial charge in [0.1, 0.15) is 0 Å². The Hall–Kier alpha value is -2.02. The van der Waals surface area contributed by atoms with Crippen LogP contribution in [-0.2, 0) is 0 Å². The molecule has 128 valence electrons. The van der Waals surface area contributed by atoms with Gasteiger partial charge in [0.2, 0.25) is 5.75 Å². The zero-order valence-corrected chi connectivity index (χ0v) is 14.7. The topological polar surface area (TPSA) is 93.5 Å². The fourth-order valence-electron chi connectivity index (χ4n) is 1.65. The van der Waals surface area contributed by atoms with Crippen molar-refractivity contribution in [2.75, 3.05) is 11.9 Å². The average molecular weight is 344 g/mol. The van der Waals surface area contributed by atoms with E-state index in [1.54, 1.807) is 20.8 Å². The van der Waals surface area contributed by atoms with Crippen molar-refractivity contribution in [3.8, 4) is 5.75 Å².